The van der Waals surface area contributed by atoms with Crippen LogP contribution in [0, 0.1) is 0 Å². The van der Waals surface area contributed by atoms with Crippen LogP contribution < -0.4 is 14.8 Å². The minimum Gasteiger partial charge on any atom is -0.485 e. The fraction of sp³-hybridized carbons (Fsp3) is 0.161. The number of methoxy groups -OCH3 is 1. The molecule has 1 atom stereocenters. The topological polar surface area (TPSA) is 73.9 Å². The normalized spacial score (nSPS) is 11.3. The third-order valence-corrected chi connectivity index (χ3v) is 5.75. The second-order valence-electron chi connectivity index (χ2n) is 8.45. The molecular weight excluding hydrogens is 466 g/mol. The molecule has 4 aromatic carbocycles. The number of ether oxygens (including phenoxy) is 3. The van der Waals surface area contributed by atoms with Crippen LogP contribution in [0.4, 0.5) is 0 Å². The Balaban J connectivity index is 1.53. The van der Waals surface area contributed by atoms with Crippen molar-refractivity contribution < 1.29 is 23.8 Å². The molecule has 1 N–H and O–H groups in total. The number of amides is 1. The molecule has 6 nitrogen and oxygen atoms in total. The van der Waals surface area contributed by atoms with E-state index in [9.17, 15) is 9.59 Å². The average molecular weight is 496 g/mol. The minimum absolute atomic E-state index is 0.228. The fourth-order valence-corrected chi connectivity index (χ4v) is 3.78. The highest BCUT2D eigenvalue weighted by molar-refractivity contribution is 5.96. The van der Waals surface area contributed by atoms with Gasteiger partial charge in [0.1, 0.15) is 19.3 Å². The van der Waals surface area contributed by atoms with Gasteiger partial charge < -0.3 is 19.5 Å². The monoisotopic (exact) mass is 495 g/mol. The number of hydrogen-bond donors (Lipinski definition) is 1. The Morgan fingerprint density at radius 1 is 0.676 bits per heavy atom. The van der Waals surface area contributed by atoms with Gasteiger partial charge in [0.2, 0.25) is 0 Å². The van der Waals surface area contributed by atoms with Gasteiger partial charge in [-0.15, -0.1) is 0 Å². The molecule has 1 amide bonds. The number of rotatable bonds is 11. The van der Waals surface area contributed by atoms with E-state index in [4.69, 9.17) is 14.2 Å². The zero-order valence-corrected chi connectivity index (χ0v) is 20.6. The van der Waals surface area contributed by atoms with Crippen LogP contribution in [0.3, 0.4) is 0 Å². The zero-order chi connectivity index (χ0) is 25.9. The molecule has 4 aromatic rings. The van der Waals surface area contributed by atoms with Gasteiger partial charge in [0.25, 0.3) is 5.91 Å². The Morgan fingerprint density at radius 2 is 1.22 bits per heavy atom. The van der Waals surface area contributed by atoms with Crippen LogP contribution in [-0.4, -0.2) is 25.0 Å². The standard InChI is InChI=1S/C31H29NO5/c1-35-31(34)27(32-30(33)26-15-9-4-10-16-26)19-25-17-18-28(36-21-23-11-5-2-6-12-23)29(20-25)37-22-24-13-7-3-8-14-24/h2-18,20,27H,19,21-22H2,1H3,(H,32,33)/t27-/m0/s1. The predicted molar refractivity (Wildman–Crippen MR) is 141 cm³/mol. The van der Waals surface area contributed by atoms with Gasteiger partial charge in [-0.2, -0.15) is 0 Å². The van der Waals surface area contributed by atoms with Crippen molar-refractivity contribution in [2.24, 2.45) is 0 Å². The largest absolute Gasteiger partial charge is 0.485 e. The molecule has 0 aromatic heterocycles. The van der Waals surface area contributed by atoms with E-state index in [2.05, 4.69) is 5.32 Å². The molecular formula is C31H29NO5. The molecule has 0 spiro atoms. The van der Waals surface area contributed by atoms with Gasteiger partial charge in [0, 0.05) is 12.0 Å². The van der Waals surface area contributed by atoms with E-state index >= 15 is 0 Å². The number of nitrogens with one attached hydrogen (secondary N) is 1. The first kappa shape index (κ1) is 25.5. The van der Waals surface area contributed by atoms with E-state index in [1.165, 1.54) is 7.11 Å². The number of carbonyl (C=O) groups excluding carboxylic acids is 2. The fourth-order valence-electron chi connectivity index (χ4n) is 3.78. The maximum absolute atomic E-state index is 12.7. The maximum atomic E-state index is 12.7. The third-order valence-electron chi connectivity index (χ3n) is 5.75. The molecule has 0 aliphatic carbocycles. The molecule has 0 radical (unpaired) electrons. The number of carbonyl (C=O) groups is 2. The minimum atomic E-state index is -0.865. The Labute approximate surface area is 216 Å². The van der Waals surface area contributed by atoms with Gasteiger partial charge in [-0.1, -0.05) is 84.9 Å². The van der Waals surface area contributed by atoms with E-state index < -0.39 is 12.0 Å². The summed E-state index contributed by atoms with van der Waals surface area (Å²) in [5.41, 5.74) is 3.31. The van der Waals surface area contributed by atoms with Crippen molar-refractivity contribution in [1.29, 1.82) is 0 Å². The summed E-state index contributed by atoms with van der Waals surface area (Å²) in [5.74, 6) is 0.265. The summed E-state index contributed by atoms with van der Waals surface area (Å²) < 4.78 is 17.2. The van der Waals surface area contributed by atoms with Crippen molar-refractivity contribution in [1.82, 2.24) is 5.32 Å². The molecule has 0 heterocycles. The van der Waals surface area contributed by atoms with Gasteiger partial charge in [0.05, 0.1) is 7.11 Å². The lowest BCUT2D eigenvalue weighted by Crippen LogP contribution is -2.43. The quantitative estimate of drug-likeness (QED) is 0.284. The Morgan fingerprint density at radius 3 is 1.78 bits per heavy atom. The Bertz CT molecular complexity index is 1290. The van der Waals surface area contributed by atoms with Gasteiger partial charge in [-0.25, -0.2) is 4.79 Å². The number of esters is 1. The highest BCUT2D eigenvalue weighted by Crippen LogP contribution is 2.30. The summed E-state index contributed by atoms with van der Waals surface area (Å²) in [6, 6.07) is 33.1. The van der Waals surface area contributed by atoms with Gasteiger partial charge in [-0.05, 0) is 41.0 Å². The molecule has 0 fully saturated rings. The van der Waals surface area contributed by atoms with Gasteiger partial charge in [0.15, 0.2) is 11.5 Å². The lowest BCUT2D eigenvalue weighted by atomic mass is 10.0. The molecule has 0 aliphatic heterocycles. The molecule has 0 bridgehead atoms. The summed E-state index contributed by atoms with van der Waals surface area (Å²) in [6.07, 6.45) is 0.228. The summed E-state index contributed by atoms with van der Waals surface area (Å²) in [6.45, 7) is 0.747. The van der Waals surface area contributed by atoms with Crippen LogP contribution in [0.2, 0.25) is 0 Å². The lowest BCUT2D eigenvalue weighted by Gasteiger charge is -2.18. The van der Waals surface area contributed by atoms with Crippen molar-refractivity contribution in [3.63, 3.8) is 0 Å². The van der Waals surface area contributed by atoms with Crippen LogP contribution in [0.15, 0.2) is 109 Å². The predicted octanol–water partition coefficient (Wildman–Crippen LogP) is 5.36. The maximum Gasteiger partial charge on any atom is 0.328 e. The highest BCUT2D eigenvalue weighted by Gasteiger charge is 2.23. The zero-order valence-electron chi connectivity index (χ0n) is 20.6. The van der Waals surface area contributed by atoms with E-state index in [0.29, 0.717) is 30.3 Å². The van der Waals surface area contributed by atoms with Crippen LogP contribution in [0.1, 0.15) is 27.0 Å². The first-order chi connectivity index (χ1) is 18.1. The molecule has 37 heavy (non-hydrogen) atoms. The van der Waals surface area contributed by atoms with Crippen molar-refractivity contribution in [2.45, 2.75) is 25.7 Å². The number of hydrogen-bond acceptors (Lipinski definition) is 5. The summed E-state index contributed by atoms with van der Waals surface area (Å²) in [4.78, 5) is 25.2. The molecule has 6 heteroatoms. The summed E-state index contributed by atoms with van der Waals surface area (Å²) in [5, 5.41) is 2.79. The molecule has 0 unspecified atom stereocenters. The Hall–Kier alpha value is -4.58. The Kier molecular flexibility index (Phi) is 8.92. The third kappa shape index (κ3) is 7.45. The molecule has 0 saturated heterocycles. The highest BCUT2D eigenvalue weighted by atomic mass is 16.5. The van der Waals surface area contributed by atoms with Crippen molar-refractivity contribution in [3.05, 3.63) is 131 Å². The van der Waals surface area contributed by atoms with Crippen molar-refractivity contribution in [3.8, 4) is 11.5 Å². The van der Waals surface area contributed by atoms with Gasteiger partial charge >= 0.3 is 5.97 Å². The average Bonchev–Trinajstić information content (AvgIpc) is 2.96. The SMILES string of the molecule is COC(=O)[C@H](Cc1ccc(OCc2ccccc2)c(OCc2ccccc2)c1)NC(=O)c1ccccc1. The van der Waals surface area contributed by atoms with E-state index in [0.717, 1.165) is 16.7 Å². The first-order valence-corrected chi connectivity index (χ1v) is 12.0. The van der Waals surface area contributed by atoms with E-state index in [1.807, 2.05) is 84.9 Å². The molecule has 188 valence electrons. The van der Waals surface area contributed by atoms with Gasteiger partial charge in [-0.3, -0.25) is 4.79 Å². The molecule has 0 aliphatic rings. The van der Waals surface area contributed by atoms with Crippen molar-refractivity contribution >= 4 is 11.9 Å². The molecule has 0 saturated carbocycles. The second-order valence-corrected chi connectivity index (χ2v) is 8.45. The summed E-state index contributed by atoms with van der Waals surface area (Å²) in [7, 11) is 1.30. The van der Waals surface area contributed by atoms with Crippen LogP contribution >= 0.6 is 0 Å². The summed E-state index contributed by atoms with van der Waals surface area (Å²) >= 11 is 0. The second kappa shape index (κ2) is 12.9. The van der Waals surface area contributed by atoms with Crippen LogP contribution in [-0.2, 0) is 29.2 Å². The smallest absolute Gasteiger partial charge is 0.328 e. The first-order valence-electron chi connectivity index (χ1n) is 12.0. The van der Waals surface area contributed by atoms with E-state index in [-0.39, 0.29) is 12.3 Å². The van der Waals surface area contributed by atoms with Crippen LogP contribution in [0.25, 0.3) is 0 Å². The van der Waals surface area contributed by atoms with Crippen LogP contribution in [0.5, 0.6) is 11.5 Å². The van der Waals surface area contributed by atoms with E-state index in [1.54, 1.807) is 24.3 Å². The lowest BCUT2D eigenvalue weighted by molar-refractivity contribution is -0.142. The number of benzene rings is 4. The van der Waals surface area contributed by atoms with Crippen molar-refractivity contribution in [2.75, 3.05) is 7.11 Å². The molecule has 4 rings (SSSR count).